The summed E-state index contributed by atoms with van der Waals surface area (Å²) < 4.78 is 7.18. The molecule has 114 valence electrons. The summed E-state index contributed by atoms with van der Waals surface area (Å²) in [4.78, 5) is 8.55. The number of hydrogen-bond donors (Lipinski definition) is 1. The molecule has 22 heavy (non-hydrogen) atoms. The molecule has 3 heterocycles. The first-order chi connectivity index (χ1) is 10.7. The Hall–Kier alpha value is -2.54. The number of hydrogen-bond acceptors (Lipinski definition) is 6. The second-order valence-corrected chi connectivity index (χ2v) is 5.12. The van der Waals surface area contributed by atoms with Crippen LogP contribution in [-0.4, -0.2) is 30.9 Å². The molecule has 7 nitrogen and oxygen atoms in total. The van der Waals surface area contributed by atoms with Crippen molar-refractivity contribution in [1.29, 1.82) is 0 Å². The lowest BCUT2D eigenvalue weighted by molar-refractivity contribution is 0.325. The van der Waals surface area contributed by atoms with E-state index in [9.17, 15) is 0 Å². The predicted octanol–water partition coefficient (Wildman–Crippen LogP) is 2.07. The van der Waals surface area contributed by atoms with E-state index in [4.69, 9.17) is 4.52 Å². The average Bonchev–Trinajstić information content (AvgIpc) is 3.24. The normalized spacial score (nSPS) is 13.9. The van der Waals surface area contributed by atoms with Gasteiger partial charge >= 0.3 is 0 Å². The van der Waals surface area contributed by atoms with E-state index in [2.05, 4.69) is 39.4 Å². The molecule has 0 aromatic carbocycles. The Bertz CT molecular complexity index is 694. The second-order valence-electron chi connectivity index (χ2n) is 5.12. The van der Waals surface area contributed by atoms with E-state index in [0.717, 1.165) is 0 Å². The molecule has 0 aliphatic rings. The Balaban J connectivity index is 1.59. The van der Waals surface area contributed by atoms with Crippen molar-refractivity contribution in [2.75, 3.05) is 0 Å². The molecule has 3 aromatic heterocycles. The highest BCUT2D eigenvalue weighted by Crippen LogP contribution is 2.13. The van der Waals surface area contributed by atoms with Crippen molar-refractivity contribution in [3.8, 4) is 11.5 Å². The number of aromatic nitrogens is 5. The van der Waals surface area contributed by atoms with E-state index in [-0.39, 0.29) is 12.1 Å². The minimum Gasteiger partial charge on any atom is -0.337 e. The molecule has 2 atom stereocenters. The van der Waals surface area contributed by atoms with E-state index >= 15 is 0 Å². The maximum absolute atomic E-state index is 5.25. The van der Waals surface area contributed by atoms with E-state index < -0.39 is 0 Å². The van der Waals surface area contributed by atoms with Gasteiger partial charge in [0.25, 0.3) is 0 Å². The Morgan fingerprint density at radius 2 is 2.14 bits per heavy atom. The maximum Gasteiger partial charge on any atom is 0.240 e. The van der Waals surface area contributed by atoms with Gasteiger partial charge in [-0.2, -0.15) is 10.1 Å². The summed E-state index contributed by atoms with van der Waals surface area (Å²) in [7, 11) is 0. The van der Waals surface area contributed by atoms with Crippen molar-refractivity contribution in [1.82, 2.24) is 30.2 Å². The maximum atomic E-state index is 5.25. The van der Waals surface area contributed by atoms with E-state index in [1.807, 2.05) is 35.1 Å². The van der Waals surface area contributed by atoms with Gasteiger partial charge in [-0.25, -0.2) is 0 Å². The average molecular weight is 298 g/mol. The highest BCUT2D eigenvalue weighted by Gasteiger charge is 2.15. The van der Waals surface area contributed by atoms with Gasteiger partial charge in [-0.15, -0.1) is 0 Å². The highest BCUT2D eigenvalue weighted by atomic mass is 16.5. The Morgan fingerprint density at radius 1 is 1.23 bits per heavy atom. The lowest BCUT2D eigenvalue weighted by atomic mass is 10.2. The van der Waals surface area contributed by atoms with Crippen molar-refractivity contribution in [3.63, 3.8) is 0 Å². The molecule has 0 fully saturated rings. The SMILES string of the molecule is CC(NCc1nc(-c2ccccn2)no1)C(C)n1cccn1. The van der Waals surface area contributed by atoms with Crippen molar-refractivity contribution in [2.24, 2.45) is 0 Å². The van der Waals surface area contributed by atoms with Gasteiger partial charge < -0.3 is 9.84 Å². The lowest BCUT2D eigenvalue weighted by Crippen LogP contribution is -2.33. The van der Waals surface area contributed by atoms with Crippen molar-refractivity contribution < 1.29 is 4.52 Å². The summed E-state index contributed by atoms with van der Waals surface area (Å²) >= 11 is 0. The quantitative estimate of drug-likeness (QED) is 0.750. The molecule has 0 bridgehead atoms. The van der Waals surface area contributed by atoms with Gasteiger partial charge in [-0.3, -0.25) is 9.67 Å². The van der Waals surface area contributed by atoms with Crippen LogP contribution < -0.4 is 5.32 Å². The fraction of sp³-hybridized carbons (Fsp3) is 0.333. The number of pyridine rings is 1. The molecule has 3 rings (SSSR count). The van der Waals surface area contributed by atoms with Crippen LogP contribution in [0.15, 0.2) is 47.4 Å². The predicted molar refractivity (Wildman–Crippen MR) is 80.8 cm³/mol. The second kappa shape index (κ2) is 6.48. The largest absolute Gasteiger partial charge is 0.337 e. The summed E-state index contributed by atoms with van der Waals surface area (Å²) in [6, 6.07) is 7.96. The van der Waals surface area contributed by atoms with Gasteiger partial charge in [-0.05, 0) is 32.0 Å². The minimum atomic E-state index is 0.213. The van der Waals surface area contributed by atoms with E-state index in [1.54, 1.807) is 12.4 Å². The van der Waals surface area contributed by atoms with Crippen molar-refractivity contribution in [2.45, 2.75) is 32.5 Å². The fourth-order valence-corrected chi connectivity index (χ4v) is 2.10. The topological polar surface area (TPSA) is 81.7 Å². The number of rotatable bonds is 6. The van der Waals surface area contributed by atoms with Crippen molar-refractivity contribution >= 4 is 0 Å². The van der Waals surface area contributed by atoms with Crippen LogP contribution in [0.25, 0.3) is 11.5 Å². The molecule has 7 heteroatoms. The zero-order chi connectivity index (χ0) is 15.4. The smallest absolute Gasteiger partial charge is 0.240 e. The van der Waals surface area contributed by atoms with Crippen LogP contribution in [0.4, 0.5) is 0 Å². The summed E-state index contributed by atoms with van der Waals surface area (Å²) in [6.07, 6.45) is 5.44. The summed E-state index contributed by atoms with van der Waals surface area (Å²) in [5, 5.41) is 11.6. The zero-order valence-electron chi connectivity index (χ0n) is 12.5. The van der Waals surface area contributed by atoms with Gasteiger partial charge in [0.05, 0.1) is 12.6 Å². The van der Waals surface area contributed by atoms with E-state index in [0.29, 0.717) is 24.0 Å². The number of nitrogens with zero attached hydrogens (tertiary/aromatic N) is 5. The standard InChI is InChI=1S/C15H18N6O/c1-11(12(2)21-9-5-8-18-21)17-10-14-19-15(20-22-14)13-6-3-4-7-16-13/h3-9,11-12,17H,10H2,1-2H3. The third-order valence-electron chi connectivity index (χ3n) is 3.60. The summed E-state index contributed by atoms with van der Waals surface area (Å²) in [5.74, 6) is 1.05. The van der Waals surface area contributed by atoms with Crippen LogP contribution in [-0.2, 0) is 6.54 Å². The Kier molecular flexibility index (Phi) is 4.24. The molecular weight excluding hydrogens is 280 g/mol. The first-order valence-corrected chi connectivity index (χ1v) is 7.20. The third kappa shape index (κ3) is 3.20. The first-order valence-electron chi connectivity index (χ1n) is 7.20. The monoisotopic (exact) mass is 298 g/mol. The fourth-order valence-electron chi connectivity index (χ4n) is 2.10. The van der Waals surface area contributed by atoms with Crippen LogP contribution in [0.5, 0.6) is 0 Å². The third-order valence-corrected chi connectivity index (χ3v) is 3.60. The first kappa shape index (κ1) is 14.4. The van der Waals surface area contributed by atoms with Gasteiger partial charge in [0.2, 0.25) is 11.7 Å². The number of nitrogens with one attached hydrogen (secondary N) is 1. The molecule has 0 saturated carbocycles. The molecule has 0 aliphatic carbocycles. The highest BCUT2D eigenvalue weighted by molar-refractivity contribution is 5.46. The van der Waals surface area contributed by atoms with E-state index in [1.165, 1.54) is 0 Å². The zero-order valence-corrected chi connectivity index (χ0v) is 12.5. The van der Waals surface area contributed by atoms with Crippen LogP contribution in [0, 0.1) is 0 Å². The van der Waals surface area contributed by atoms with Crippen LogP contribution >= 0.6 is 0 Å². The van der Waals surface area contributed by atoms with Crippen LogP contribution in [0.2, 0.25) is 0 Å². The molecule has 0 saturated heterocycles. The summed E-state index contributed by atoms with van der Waals surface area (Å²) in [5.41, 5.74) is 0.704. The summed E-state index contributed by atoms with van der Waals surface area (Å²) in [6.45, 7) is 4.72. The van der Waals surface area contributed by atoms with Gasteiger partial charge in [0.1, 0.15) is 5.69 Å². The van der Waals surface area contributed by atoms with Gasteiger partial charge in [0.15, 0.2) is 0 Å². The molecule has 1 N–H and O–H groups in total. The molecule has 3 aromatic rings. The molecule has 0 aliphatic heterocycles. The Morgan fingerprint density at radius 3 is 2.86 bits per heavy atom. The Labute approximate surface area is 128 Å². The molecule has 2 unspecified atom stereocenters. The molecule has 0 radical (unpaired) electrons. The van der Waals surface area contributed by atoms with Gasteiger partial charge in [-0.1, -0.05) is 11.2 Å². The van der Waals surface area contributed by atoms with Crippen LogP contribution in [0.1, 0.15) is 25.8 Å². The molecular formula is C15H18N6O. The van der Waals surface area contributed by atoms with Crippen LogP contribution in [0.3, 0.4) is 0 Å². The van der Waals surface area contributed by atoms with Gasteiger partial charge in [0, 0.05) is 24.6 Å². The van der Waals surface area contributed by atoms with Crippen molar-refractivity contribution in [3.05, 3.63) is 48.7 Å². The molecule has 0 amide bonds. The lowest BCUT2D eigenvalue weighted by Gasteiger charge is -2.20. The molecule has 0 spiro atoms. The minimum absolute atomic E-state index is 0.213.